The van der Waals surface area contributed by atoms with Crippen molar-refractivity contribution in [1.82, 2.24) is 14.9 Å². The van der Waals surface area contributed by atoms with E-state index in [0.29, 0.717) is 0 Å². The summed E-state index contributed by atoms with van der Waals surface area (Å²) in [4.78, 5) is 24.9. The molecule has 35 heavy (non-hydrogen) atoms. The Hall–Kier alpha value is -3.82. The topological polar surface area (TPSA) is 117 Å². The molecule has 2 N–H and O–H groups in total. The molecule has 3 aromatic rings. The maximum Gasteiger partial charge on any atom is 0.490 e. The number of alkyl halides is 3. The lowest BCUT2D eigenvalue weighted by molar-refractivity contribution is -0.192. The van der Waals surface area contributed by atoms with Crippen molar-refractivity contribution in [3.63, 3.8) is 0 Å². The maximum atomic E-state index is 14.9. The van der Waals surface area contributed by atoms with Crippen LogP contribution < -0.4 is 10.1 Å². The Morgan fingerprint density at radius 2 is 1.91 bits per heavy atom. The fourth-order valence-corrected chi connectivity index (χ4v) is 2.81. The molecule has 0 saturated heterocycles. The number of halogens is 6. The second-order valence-corrected chi connectivity index (χ2v) is 7.49. The maximum absolute atomic E-state index is 14.9. The predicted molar refractivity (Wildman–Crippen MR) is 116 cm³/mol. The second-order valence-electron chi connectivity index (χ2n) is 6.65. The van der Waals surface area contributed by atoms with Crippen molar-refractivity contribution in [3.8, 4) is 17.6 Å². The molecule has 14 heteroatoms. The number of aromatic nitrogens is 2. The van der Waals surface area contributed by atoms with E-state index in [2.05, 4.69) is 10.3 Å². The number of carboxylic acid groups (broad SMARTS) is 1. The first-order valence-corrected chi connectivity index (χ1v) is 9.99. The molecule has 0 radical (unpaired) electrons. The van der Waals surface area contributed by atoms with E-state index in [9.17, 15) is 22.4 Å². The van der Waals surface area contributed by atoms with Gasteiger partial charge in [-0.25, -0.2) is 14.2 Å². The van der Waals surface area contributed by atoms with Gasteiger partial charge >= 0.3 is 12.1 Å². The lowest BCUT2D eigenvalue weighted by atomic mass is 10.2. The number of carboxylic acids is 1. The number of hydrogen-bond donors (Lipinski definition) is 2. The summed E-state index contributed by atoms with van der Waals surface area (Å²) in [6.45, 7) is -0.0895. The average Bonchev–Trinajstić information content (AvgIpc) is 3.21. The first-order valence-electron chi connectivity index (χ1n) is 9.23. The van der Waals surface area contributed by atoms with E-state index in [1.54, 1.807) is 17.8 Å². The van der Waals surface area contributed by atoms with Crippen molar-refractivity contribution >= 4 is 35.1 Å². The Bertz CT molecular complexity index is 1290. The predicted octanol–water partition coefficient (Wildman–Crippen LogP) is 5.09. The van der Waals surface area contributed by atoms with E-state index in [-0.39, 0.29) is 44.9 Å². The lowest BCUT2D eigenvalue weighted by Gasteiger charge is -2.13. The normalized spacial score (nSPS) is 10.6. The van der Waals surface area contributed by atoms with Crippen molar-refractivity contribution in [2.24, 2.45) is 7.05 Å². The van der Waals surface area contributed by atoms with Gasteiger partial charge in [-0.1, -0.05) is 29.3 Å². The summed E-state index contributed by atoms with van der Waals surface area (Å²) in [5.41, 5.74) is 0.653. The van der Waals surface area contributed by atoms with Crippen molar-refractivity contribution in [2.75, 3.05) is 0 Å². The number of nitrogens with zero attached hydrogens (tertiary/aromatic N) is 3. The molecule has 1 heterocycles. The molecule has 0 bridgehead atoms. The van der Waals surface area contributed by atoms with E-state index in [0.717, 1.165) is 0 Å². The molecule has 184 valence electrons. The molecule has 0 aliphatic carbocycles. The van der Waals surface area contributed by atoms with Gasteiger partial charge in [0.1, 0.15) is 11.4 Å². The fourth-order valence-electron chi connectivity index (χ4n) is 2.40. The van der Waals surface area contributed by atoms with Crippen LogP contribution in [0.25, 0.3) is 0 Å². The van der Waals surface area contributed by atoms with Gasteiger partial charge in [-0.05, 0) is 24.3 Å². The number of ether oxygens (including phenoxy) is 1. The van der Waals surface area contributed by atoms with Crippen molar-refractivity contribution in [3.05, 3.63) is 75.5 Å². The van der Waals surface area contributed by atoms with Gasteiger partial charge in [0.05, 0.1) is 23.0 Å². The molecular formula is C21H14Cl2F4N4O4. The first kappa shape index (κ1) is 27.4. The number of rotatable bonds is 5. The summed E-state index contributed by atoms with van der Waals surface area (Å²) in [6, 6.07) is 9.15. The molecule has 3 rings (SSSR count). The molecule has 8 nitrogen and oxygen atoms in total. The standard InChI is InChI=1S/C19H13Cl2FN4O2.C2HF3O2/c1-26-9-16(25-10-26)19(27)24-8-12-2-3-15(21)18(17(12)22)28-14-5-11(7-23)4-13(20)6-14;3-2(4,5)1(6)7/h2-6,9-10H,8H2,1H3,(H,24,27);(H,6,7). The monoisotopic (exact) mass is 532 g/mol. The third-order valence-corrected chi connectivity index (χ3v) is 4.48. The van der Waals surface area contributed by atoms with Crippen LogP contribution >= 0.6 is 23.2 Å². The molecular weight excluding hydrogens is 519 g/mol. The number of carbonyl (C=O) groups excluding carboxylic acids is 1. The van der Waals surface area contributed by atoms with Crippen molar-refractivity contribution in [2.45, 2.75) is 12.7 Å². The highest BCUT2D eigenvalue weighted by Crippen LogP contribution is 2.35. The highest BCUT2D eigenvalue weighted by Gasteiger charge is 2.38. The van der Waals surface area contributed by atoms with Crippen LogP contribution in [0.15, 0.2) is 42.9 Å². The SMILES string of the molecule is Cn1cnc(C(=O)NCc2ccc(Cl)c(Oc3cc(Cl)cc(C#N)c3)c2F)c1.O=C(O)C(F)(F)F. The van der Waals surface area contributed by atoms with Crippen molar-refractivity contribution in [1.29, 1.82) is 5.26 Å². The number of nitriles is 1. The van der Waals surface area contributed by atoms with E-state index in [4.69, 9.17) is 43.1 Å². The van der Waals surface area contributed by atoms with Gasteiger partial charge in [0.15, 0.2) is 11.6 Å². The summed E-state index contributed by atoms with van der Waals surface area (Å²) < 4.78 is 53.8. The lowest BCUT2D eigenvalue weighted by Crippen LogP contribution is -2.23. The number of amides is 1. The van der Waals surface area contributed by atoms with Gasteiger partial charge < -0.3 is 19.7 Å². The van der Waals surface area contributed by atoms with Gasteiger partial charge in [0, 0.05) is 30.4 Å². The summed E-state index contributed by atoms with van der Waals surface area (Å²) in [6.07, 6.45) is -2.04. The Morgan fingerprint density at radius 3 is 2.46 bits per heavy atom. The third-order valence-electron chi connectivity index (χ3n) is 3.97. The molecule has 0 spiro atoms. The molecule has 0 fully saturated rings. The minimum absolute atomic E-state index is 0.0378. The minimum atomic E-state index is -5.08. The Kier molecular flexibility index (Phi) is 9.05. The molecule has 0 aliphatic heterocycles. The summed E-state index contributed by atoms with van der Waals surface area (Å²) in [5, 5.41) is 19.0. The Labute approximate surface area is 205 Å². The number of aliphatic carboxylic acids is 1. The largest absolute Gasteiger partial charge is 0.490 e. The highest BCUT2D eigenvalue weighted by molar-refractivity contribution is 6.32. The van der Waals surface area contributed by atoms with Gasteiger partial charge in [-0.2, -0.15) is 18.4 Å². The fraction of sp³-hybridized carbons (Fsp3) is 0.143. The van der Waals surface area contributed by atoms with Crippen LogP contribution in [0.2, 0.25) is 10.0 Å². The van der Waals surface area contributed by atoms with E-state index < -0.39 is 23.9 Å². The van der Waals surface area contributed by atoms with Crippen LogP contribution in [0.1, 0.15) is 21.6 Å². The molecule has 0 unspecified atom stereocenters. The van der Waals surface area contributed by atoms with E-state index >= 15 is 0 Å². The number of imidazole rings is 1. The number of hydrogen-bond acceptors (Lipinski definition) is 5. The van der Waals surface area contributed by atoms with Crippen LogP contribution in [0.5, 0.6) is 11.5 Å². The van der Waals surface area contributed by atoms with Gasteiger partial charge in [0.25, 0.3) is 5.91 Å². The Morgan fingerprint density at radius 1 is 1.26 bits per heavy atom. The smallest absolute Gasteiger partial charge is 0.475 e. The van der Waals surface area contributed by atoms with E-state index in [1.165, 1.54) is 36.7 Å². The first-order chi connectivity index (χ1) is 16.3. The minimum Gasteiger partial charge on any atom is -0.475 e. The zero-order chi connectivity index (χ0) is 26.3. The molecule has 2 aromatic carbocycles. The van der Waals surface area contributed by atoms with Crippen LogP contribution in [0.4, 0.5) is 17.6 Å². The quantitative estimate of drug-likeness (QED) is 0.442. The molecule has 0 aliphatic rings. The zero-order valence-corrected chi connectivity index (χ0v) is 19.0. The summed E-state index contributed by atoms with van der Waals surface area (Å²) >= 11 is 12.0. The zero-order valence-electron chi connectivity index (χ0n) is 17.5. The van der Waals surface area contributed by atoms with Crippen LogP contribution in [0.3, 0.4) is 0 Å². The molecule has 0 atom stereocenters. The molecule has 1 amide bonds. The van der Waals surface area contributed by atoms with Gasteiger partial charge in [-0.15, -0.1) is 0 Å². The second kappa shape index (κ2) is 11.5. The number of carbonyl (C=O) groups is 2. The van der Waals surface area contributed by atoms with Gasteiger partial charge in [0.2, 0.25) is 0 Å². The third kappa shape index (κ3) is 7.87. The van der Waals surface area contributed by atoms with Crippen LogP contribution in [-0.2, 0) is 18.4 Å². The summed E-state index contributed by atoms with van der Waals surface area (Å²) in [5.74, 6) is -3.98. The Balaban J connectivity index is 0.000000540. The van der Waals surface area contributed by atoms with E-state index in [1.807, 2.05) is 6.07 Å². The molecule has 0 saturated carbocycles. The van der Waals surface area contributed by atoms with Gasteiger partial charge in [-0.3, -0.25) is 4.79 Å². The van der Waals surface area contributed by atoms with Crippen molar-refractivity contribution < 1.29 is 37.0 Å². The average molecular weight is 533 g/mol. The van der Waals surface area contributed by atoms with Crippen LogP contribution in [-0.4, -0.2) is 32.7 Å². The number of benzene rings is 2. The number of nitrogens with one attached hydrogen (secondary N) is 1. The highest BCUT2D eigenvalue weighted by atomic mass is 35.5. The molecule has 1 aromatic heterocycles. The van der Waals surface area contributed by atoms with Crippen LogP contribution in [0, 0.1) is 17.1 Å². The summed E-state index contributed by atoms with van der Waals surface area (Å²) in [7, 11) is 1.74. The number of aryl methyl sites for hydroxylation is 1.